The molecule has 0 unspecified atom stereocenters. The highest BCUT2D eigenvalue weighted by Crippen LogP contribution is 2.26. The number of hydrogen-bond donors (Lipinski definition) is 1. The third-order valence-electron chi connectivity index (χ3n) is 4.50. The van der Waals surface area contributed by atoms with Crippen molar-refractivity contribution in [3.8, 4) is 0 Å². The van der Waals surface area contributed by atoms with Gasteiger partial charge in [0, 0.05) is 23.1 Å². The van der Waals surface area contributed by atoms with Gasteiger partial charge in [-0.25, -0.2) is 0 Å². The average Bonchev–Trinajstić information content (AvgIpc) is 2.62. The van der Waals surface area contributed by atoms with Crippen molar-refractivity contribution in [3.05, 3.63) is 34.4 Å². The zero-order valence-corrected chi connectivity index (χ0v) is 15.8. The van der Waals surface area contributed by atoms with Crippen LogP contribution in [0.2, 0.25) is 0 Å². The minimum atomic E-state index is -0.516. The highest BCUT2D eigenvalue weighted by Gasteiger charge is 2.24. The molecule has 1 saturated carbocycles. The molecule has 142 valence electrons. The molecule has 1 aromatic carbocycles. The van der Waals surface area contributed by atoms with E-state index in [9.17, 15) is 19.7 Å². The van der Waals surface area contributed by atoms with Crippen LogP contribution in [0.15, 0.2) is 29.2 Å². The van der Waals surface area contributed by atoms with Gasteiger partial charge in [-0.2, -0.15) is 0 Å². The van der Waals surface area contributed by atoms with Crippen LogP contribution in [0.3, 0.4) is 0 Å². The molecule has 1 fully saturated rings. The molecule has 1 N–H and O–H groups in total. The van der Waals surface area contributed by atoms with E-state index >= 15 is 0 Å². The number of nitrogens with zero attached hydrogens (tertiary/aromatic N) is 1. The van der Waals surface area contributed by atoms with Gasteiger partial charge in [0.2, 0.25) is 0 Å². The first kappa shape index (κ1) is 20.2. The Hall–Kier alpha value is -2.09. The van der Waals surface area contributed by atoms with Gasteiger partial charge in [-0.15, -0.1) is 11.8 Å². The maximum atomic E-state index is 12.1. The van der Waals surface area contributed by atoms with Crippen molar-refractivity contribution in [3.63, 3.8) is 0 Å². The van der Waals surface area contributed by atoms with Crippen molar-refractivity contribution in [2.24, 2.45) is 5.92 Å². The predicted molar refractivity (Wildman–Crippen MR) is 98.9 cm³/mol. The molecule has 2 rings (SSSR count). The lowest BCUT2D eigenvalue weighted by molar-refractivity contribution is -0.384. The monoisotopic (exact) mass is 380 g/mol. The van der Waals surface area contributed by atoms with Gasteiger partial charge < -0.3 is 10.1 Å². The second kappa shape index (κ2) is 9.56. The standard InChI is InChI=1S/C18H24N2O5S/c1-12-5-3-4-6-16(12)19-17(21)11-25-18(22)13(2)26-15-9-7-14(8-10-15)20(23)24/h7-10,12-13,16H,3-6,11H2,1-2H3,(H,19,21)/t12-,13-,16-/m1/s1. The van der Waals surface area contributed by atoms with Crippen LogP contribution in [0.25, 0.3) is 0 Å². The molecule has 1 aliphatic rings. The zero-order chi connectivity index (χ0) is 19.1. The Bertz CT molecular complexity index is 649. The Morgan fingerprint density at radius 3 is 2.58 bits per heavy atom. The van der Waals surface area contributed by atoms with Gasteiger partial charge in [0.05, 0.1) is 4.92 Å². The number of carbonyl (C=O) groups excluding carboxylic acids is 2. The summed E-state index contributed by atoms with van der Waals surface area (Å²) in [5, 5.41) is 13.1. The van der Waals surface area contributed by atoms with Gasteiger partial charge in [-0.05, 0) is 37.8 Å². The van der Waals surface area contributed by atoms with E-state index in [0.717, 1.165) is 24.2 Å². The Labute approximate surface area is 157 Å². The number of hydrogen-bond acceptors (Lipinski definition) is 6. The van der Waals surface area contributed by atoms with E-state index in [2.05, 4.69) is 12.2 Å². The Morgan fingerprint density at radius 1 is 1.31 bits per heavy atom. The van der Waals surface area contributed by atoms with E-state index in [0.29, 0.717) is 5.92 Å². The summed E-state index contributed by atoms with van der Waals surface area (Å²) in [4.78, 5) is 34.9. The third kappa shape index (κ3) is 6.01. The molecule has 1 aliphatic carbocycles. The molecule has 1 aromatic rings. The molecule has 0 heterocycles. The van der Waals surface area contributed by atoms with Crippen LogP contribution in [0.5, 0.6) is 0 Å². The minimum absolute atomic E-state index is 0.00167. The molecule has 1 amide bonds. The molecule has 0 bridgehead atoms. The van der Waals surface area contributed by atoms with Gasteiger partial charge >= 0.3 is 5.97 Å². The molecule has 8 heteroatoms. The van der Waals surface area contributed by atoms with Gasteiger partial charge in [-0.1, -0.05) is 19.8 Å². The van der Waals surface area contributed by atoms with Crippen LogP contribution in [0.4, 0.5) is 5.69 Å². The number of ether oxygens (including phenoxy) is 1. The van der Waals surface area contributed by atoms with E-state index in [1.54, 1.807) is 19.1 Å². The van der Waals surface area contributed by atoms with Crippen LogP contribution >= 0.6 is 11.8 Å². The van der Waals surface area contributed by atoms with Crippen LogP contribution in [-0.4, -0.2) is 34.7 Å². The van der Waals surface area contributed by atoms with E-state index in [1.807, 2.05) is 0 Å². The summed E-state index contributed by atoms with van der Waals surface area (Å²) in [7, 11) is 0. The number of nitro groups is 1. The number of benzene rings is 1. The van der Waals surface area contributed by atoms with Crippen molar-refractivity contribution in [2.75, 3.05) is 6.61 Å². The van der Waals surface area contributed by atoms with Gasteiger partial charge in [0.25, 0.3) is 11.6 Å². The summed E-state index contributed by atoms with van der Waals surface area (Å²) in [6.45, 7) is 3.52. The van der Waals surface area contributed by atoms with Crippen LogP contribution < -0.4 is 5.32 Å². The number of nitrogens with one attached hydrogen (secondary N) is 1. The molecule has 0 radical (unpaired) electrons. The van der Waals surface area contributed by atoms with Gasteiger partial charge in [-0.3, -0.25) is 19.7 Å². The summed E-state index contributed by atoms with van der Waals surface area (Å²) >= 11 is 1.23. The predicted octanol–water partition coefficient (Wildman–Crippen LogP) is 3.31. The van der Waals surface area contributed by atoms with Crippen LogP contribution in [-0.2, 0) is 14.3 Å². The SMILES string of the molecule is C[C@@H]1CCCC[C@H]1NC(=O)COC(=O)[C@@H](C)Sc1ccc([N+](=O)[O-])cc1. The normalized spacial score (nSPS) is 20.8. The number of amides is 1. The van der Waals surface area contributed by atoms with E-state index in [-0.39, 0.29) is 24.2 Å². The maximum Gasteiger partial charge on any atom is 0.319 e. The van der Waals surface area contributed by atoms with Crippen molar-refractivity contribution >= 4 is 29.3 Å². The maximum absolute atomic E-state index is 12.1. The second-order valence-electron chi connectivity index (χ2n) is 6.55. The summed E-state index contributed by atoms with van der Waals surface area (Å²) in [5.74, 6) is -0.315. The number of esters is 1. The fourth-order valence-electron chi connectivity index (χ4n) is 2.93. The fourth-order valence-corrected chi connectivity index (χ4v) is 3.80. The molecular weight excluding hydrogens is 356 g/mol. The number of non-ortho nitro benzene ring substituents is 1. The Morgan fingerprint density at radius 2 is 1.96 bits per heavy atom. The lowest BCUT2D eigenvalue weighted by Crippen LogP contribution is -2.43. The van der Waals surface area contributed by atoms with Crippen LogP contribution in [0.1, 0.15) is 39.5 Å². The number of rotatable bonds is 7. The molecular formula is C18H24N2O5S. The highest BCUT2D eigenvalue weighted by atomic mass is 32.2. The molecule has 0 saturated heterocycles. The summed E-state index contributed by atoms with van der Waals surface area (Å²) < 4.78 is 5.10. The topological polar surface area (TPSA) is 98.5 Å². The van der Waals surface area contributed by atoms with Crippen molar-refractivity contribution < 1.29 is 19.2 Å². The minimum Gasteiger partial charge on any atom is -0.455 e. The first-order valence-corrected chi connectivity index (χ1v) is 9.62. The van der Waals surface area contributed by atoms with E-state index in [4.69, 9.17) is 4.74 Å². The van der Waals surface area contributed by atoms with Crippen molar-refractivity contribution in [1.82, 2.24) is 5.32 Å². The Kier molecular flexibility index (Phi) is 7.44. The second-order valence-corrected chi connectivity index (χ2v) is 7.97. The Balaban J connectivity index is 1.75. The van der Waals surface area contributed by atoms with Gasteiger partial charge in [0.15, 0.2) is 6.61 Å². The summed E-state index contributed by atoms with van der Waals surface area (Å²) in [5.41, 5.74) is -0.00167. The quantitative estimate of drug-likeness (QED) is 0.337. The van der Waals surface area contributed by atoms with Gasteiger partial charge in [0.1, 0.15) is 5.25 Å². The molecule has 0 aliphatic heterocycles. The van der Waals surface area contributed by atoms with Crippen molar-refractivity contribution in [1.29, 1.82) is 0 Å². The highest BCUT2D eigenvalue weighted by molar-refractivity contribution is 8.00. The lowest BCUT2D eigenvalue weighted by Gasteiger charge is -2.29. The molecule has 7 nitrogen and oxygen atoms in total. The molecule has 26 heavy (non-hydrogen) atoms. The zero-order valence-electron chi connectivity index (χ0n) is 15.0. The number of thioether (sulfide) groups is 1. The average molecular weight is 380 g/mol. The molecule has 0 spiro atoms. The molecule has 3 atom stereocenters. The number of carbonyl (C=O) groups is 2. The first-order chi connectivity index (χ1) is 12.4. The summed E-state index contributed by atoms with van der Waals surface area (Å²) in [6.07, 6.45) is 4.37. The largest absolute Gasteiger partial charge is 0.455 e. The number of nitro benzene ring substituents is 1. The summed E-state index contributed by atoms with van der Waals surface area (Å²) in [6, 6.07) is 6.10. The first-order valence-electron chi connectivity index (χ1n) is 8.74. The van der Waals surface area contributed by atoms with E-state index < -0.39 is 16.1 Å². The smallest absolute Gasteiger partial charge is 0.319 e. The fraction of sp³-hybridized carbons (Fsp3) is 0.556. The lowest BCUT2D eigenvalue weighted by atomic mass is 9.86. The van der Waals surface area contributed by atoms with Crippen molar-refractivity contribution in [2.45, 2.75) is 55.7 Å². The van der Waals surface area contributed by atoms with Crippen LogP contribution in [0, 0.1) is 16.0 Å². The van der Waals surface area contributed by atoms with E-state index in [1.165, 1.54) is 30.3 Å². The third-order valence-corrected chi connectivity index (χ3v) is 5.59. The molecule has 0 aromatic heterocycles.